The highest BCUT2D eigenvalue weighted by Crippen LogP contribution is 2.36. The summed E-state index contributed by atoms with van der Waals surface area (Å²) >= 11 is 7.81. The summed E-state index contributed by atoms with van der Waals surface area (Å²) < 4.78 is 19.9. The van der Waals surface area contributed by atoms with Crippen molar-refractivity contribution in [3.8, 4) is 17.2 Å². The van der Waals surface area contributed by atoms with Gasteiger partial charge in [-0.15, -0.1) is 10.2 Å². The van der Waals surface area contributed by atoms with Gasteiger partial charge >= 0.3 is 0 Å². The van der Waals surface area contributed by atoms with Crippen LogP contribution < -0.4 is 14.2 Å². The molecular weight excluding hydrogens is 460 g/mol. The highest BCUT2D eigenvalue weighted by atomic mass is 35.5. The lowest BCUT2D eigenvalue weighted by molar-refractivity contribution is 0.0825. The van der Waals surface area contributed by atoms with E-state index in [0.717, 1.165) is 27.8 Å². The summed E-state index contributed by atoms with van der Waals surface area (Å²) in [5, 5.41) is 10.2. The quantitative estimate of drug-likeness (QED) is 0.334. The molecule has 1 atom stereocenters. The first-order valence-electron chi connectivity index (χ1n) is 10.4. The van der Waals surface area contributed by atoms with Crippen LogP contribution in [0.4, 0.5) is 0 Å². The molecule has 0 bridgehead atoms. The normalized spacial score (nSPS) is 14.8. The number of aromatic nitrogens is 4. The zero-order valence-electron chi connectivity index (χ0n) is 17.8. The fraction of sp³-hybridized carbons (Fsp3) is 0.208. The first-order chi connectivity index (χ1) is 16.2. The second kappa shape index (κ2) is 9.72. The molecule has 0 radical (unpaired) electrons. The van der Waals surface area contributed by atoms with Crippen LogP contribution in [-0.2, 0) is 19.4 Å². The fourth-order valence-electron chi connectivity index (χ4n) is 3.47. The highest BCUT2D eigenvalue weighted by molar-refractivity contribution is 7.98. The molecule has 168 valence electrons. The highest BCUT2D eigenvalue weighted by Gasteiger charge is 2.27. The van der Waals surface area contributed by atoms with Crippen molar-refractivity contribution in [2.24, 2.45) is 7.05 Å². The van der Waals surface area contributed by atoms with E-state index in [9.17, 15) is 0 Å². The maximum atomic E-state index is 6.26. The molecule has 2 aromatic carbocycles. The van der Waals surface area contributed by atoms with Crippen molar-refractivity contribution in [3.05, 3.63) is 89.0 Å². The molecule has 4 aromatic rings. The van der Waals surface area contributed by atoms with Gasteiger partial charge in [0, 0.05) is 41.3 Å². The molecule has 2 aromatic heterocycles. The average Bonchev–Trinajstić information content (AvgIpc) is 3.22. The number of hydrogen-bond acceptors (Lipinski definition) is 7. The molecule has 0 unspecified atom stereocenters. The Morgan fingerprint density at radius 1 is 1.12 bits per heavy atom. The van der Waals surface area contributed by atoms with Gasteiger partial charge in [0.25, 0.3) is 0 Å². The summed E-state index contributed by atoms with van der Waals surface area (Å²) in [6.07, 6.45) is 3.21. The van der Waals surface area contributed by atoms with Gasteiger partial charge in [0.2, 0.25) is 0 Å². The minimum Gasteiger partial charge on any atom is -0.489 e. The third kappa shape index (κ3) is 4.91. The molecule has 0 aliphatic carbocycles. The van der Waals surface area contributed by atoms with E-state index in [-0.39, 0.29) is 6.10 Å². The van der Waals surface area contributed by atoms with Gasteiger partial charge in [0.15, 0.2) is 28.6 Å². The Morgan fingerprint density at radius 3 is 2.85 bits per heavy atom. The van der Waals surface area contributed by atoms with E-state index in [1.54, 1.807) is 24.2 Å². The molecule has 0 N–H and O–H groups in total. The molecule has 0 fully saturated rings. The van der Waals surface area contributed by atoms with Crippen LogP contribution >= 0.6 is 23.4 Å². The van der Waals surface area contributed by atoms with E-state index < -0.39 is 0 Å². The van der Waals surface area contributed by atoms with Gasteiger partial charge < -0.3 is 18.8 Å². The summed E-state index contributed by atoms with van der Waals surface area (Å²) in [6, 6.07) is 17.1. The maximum Gasteiger partial charge on any atom is 0.192 e. The van der Waals surface area contributed by atoms with Crippen LogP contribution in [0.25, 0.3) is 0 Å². The van der Waals surface area contributed by atoms with Crippen LogP contribution in [0.15, 0.2) is 72.1 Å². The van der Waals surface area contributed by atoms with E-state index >= 15 is 0 Å². The van der Waals surface area contributed by atoms with E-state index in [0.29, 0.717) is 35.6 Å². The van der Waals surface area contributed by atoms with Gasteiger partial charge in [-0.25, -0.2) is 0 Å². The largest absolute Gasteiger partial charge is 0.489 e. The third-order valence-electron chi connectivity index (χ3n) is 5.16. The van der Waals surface area contributed by atoms with E-state index in [4.69, 9.17) is 25.8 Å². The van der Waals surface area contributed by atoms with Crippen molar-refractivity contribution in [2.45, 2.75) is 23.6 Å². The summed E-state index contributed by atoms with van der Waals surface area (Å²) in [4.78, 5) is 4.13. The SMILES string of the molecule is Cn1c(SCc2cc(Cl)ccc2OCc2cccnc2)nnc1[C@@H]1COc2ccccc2O1. The smallest absolute Gasteiger partial charge is 0.192 e. The van der Waals surface area contributed by atoms with Gasteiger partial charge in [-0.2, -0.15) is 0 Å². The first kappa shape index (κ1) is 21.6. The Morgan fingerprint density at radius 2 is 2.00 bits per heavy atom. The molecule has 33 heavy (non-hydrogen) atoms. The zero-order valence-corrected chi connectivity index (χ0v) is 19.4. The van der Waals surface area contributed by atoms with Crippen molar-refractivity contribution in [1.82, 2.24) is 19.7 Å². The van der Waals surface area contributed by atoms with Crippen molar-refractivity contribution in [2.75, 3.05) is 6.61 Å². The lowest BCUT2D eigenvalue weighted by Gasteiger charge is -2.25. The second-order valence-corrected chi connectivity index (χ2v) is 8.83. The Labute approximate surface area is 200 Å². The number of benzene rings is 2. The Balaban J connectivity index is 1.28. The van der Waals surface area contributed by atoms with Crippen LogP contribution in [0, 0.1) is 0 Å². The molecule has 0 saturated carbocycles. The maximum absolute atomic E-state index is 6.26. The average molecular weight is 481 g/mol. The topological polar surface area (TPSA) is 71.3 Å². The van der Waals surface area contributed by atoms with Crippen LogP contribution in [0.1, 0.15) is 23.1 Å². The number of ether oxygens (including phenoxy) is 3. The molecule has 0 amide bonds. The number of rotatable bonds is 7. The predicted molar refractivity (Wildman–Crippen MR) is 126 cm³/mol. The number of thioether (sulfide) groups is 1. The zero-order chi connectivity index (χ0) is 22.6. The first-order valence-corrected chi connectivity index (χ1v) is 11.7. The molecule has 1 aliphatic heterocycles. The molecular formula is C24H21ClN4O3S. The minimum atomic E-state index is -0.323. The number of hydrogen-bond donors (Lipinski definition) is 0. The predicted octanol–water partition coefficient (Wildman–Crippen LogP) is 5.25. The van der Waals surface area contributed by atoms with Crippen molar-refractivity contribution in [1.29, 1.82) is 0 Å². The number of para-hydroxylation sites is 2. The Hall–Kier alpha value is -3.23. The van der Waals surface area contributed by atoms with Gasteiger partial charge in [-0.05, 0) is 36.4 Å². The minimum absolute atomic E-state index is 0.323. The van der Waals surface area contributed by atoms with Gasteiger partial charge in [-0.1, -0.05) is 41.6 Å². The second-order valence-electron chi connectivity index (χ2n) is 7.45. The molecule has 0 spiro atoms. The van der Waals surface area contributed by atoms with Crippen molar-refractivity contribution in [3.63, 3.8) is 0 Å². The molecule has 3 heterocycles. The number of nitrogens with zero attached hydrogens (tertiary/aromatic N) is 4. The number of pyridine rings is 1. The van der Waals surface area contributed by atoms with Crippen molar-refractivity contribution >= 4 is 23.4 Å². The molecule has 7 nitrogen and oxygen atoms in total. The third-order valence-corrected chi connectivity index (χ3v) is 6.47. The van der Waals surface area contributed by atoms with Gasteiger partial charge in [-0.3, -0.25) is 4.98 Å². The molecule has 1 aliphatic rings. The number of halogens is 1. The Kier molecular flexibility index (Phi) is 6.37. The standard InChI is InChI=1S/C24H21ClN4O3S/c1-29-23(22-14-31-20-6-2-3-7-21(20)32-22)27-28-24(29)33-15-17-11-18(25)8-9-19(17)30-13-16-5-4-10-26-12-16/h2-12,22H,13-15H2,1H3/t22-/m0/s1. The van der Waals surface area contributed by atoms with Gasteiger partial charge in [0.1, 0.15) is 19.0 Å². The lowest BCUT2D eigenvalue weighted by atomic mass is 10.2. The molecule has 5 rings (SSSR count). The van der Waals surface area contributed by atoms with Crippen LogP contribution in [0.5, 0.6) is 17.2 Å². The summed E-state index contributed by atoms with van der Waals surface area (Å²) in [7, 11) is 1.93. The fourth-order valence-corrected chi connectivity index (χ4v) is 4.56. The molecule has 9 heteroatoms. The monoisotopic (exact) mass is 480 g/mol. The van der Waals surface area contributed by atoms with Crippen LogP contribution in [0.2, 0.25) is 5.02 Å². The van der Waals surface area contributed by atoms with E-state index in [1.807, 2.05) is 66.2 Å². The Bertz CT molecular complexity index is 1250. The lowest BCUT2D eigenvalue weighted by Crippen LogP contribution is -2.24. The summed E-state index contributed by atoms with van der Waals surface area (Å²) in [5.41, 5.74) is 1.98. The van der Waals surface area contributed by atoms with E-state index in [2.05, 4.69) is 15.2 Å². The van der Waals surface area contributed by atoms with E-state index in [1.165, 1.54) is 0 Å². The van der Waals surface area contributed by atoms with Crippen LogP contribution in [0.3, 0.4) is 0 Å². The van der Waals surface area contributed by atoms with Crippen LogP contribution in [-0.4, -0.2) is 26.4 Å². The van der Waals surface area contributed by atoms with Gasteiger partial charge in [0.05, 0.1) is 0 Å². The summed E-state index contributed by atoms with van der Waals surface area (Å²) in [6.45, 7) is 0.815. The summed E-state index contributed by atoms with van der Waals surface area (Å²) in [5.74, 6) is 3.57. The van der Waals surface area contributed by atoms with Crippen molar-refractivity contribution < 1.29 is 14.2 Å². The molecule has 0 saturated heterocycles. The number of fused-ring (bicyclic) bond motifs is 1.